The molecular formula is C20H19N3O2S. The average Bonchev–Trinajstić information content (AvgIpc) is 3.34. The number of ether oxygens (including phenoxy) is 1. The molecule has 6 heteroatoms. The van der Waals surface area contributed by atoms with Crippen LogP contribution >= 0.6 is 11.3 Å². The van der Waals surface area contributed by atoms with E-state index in [9.17, 15) is 0 Å². The highest BCUT2D eigenvalue weighted by molar-refractivity contribution is 7.13. The van der Waals surface area contributed by atoms with Gasteiger partial charge in [0.1, 0.15) is 16.5 Å². The van der Waals surface area contributed by atoms with Gasteiger partial charge in [-0.05, 0) is 39.0 Å². The maximum Gasteiger partial charge on any atom is 0.180 e. The molecule has 0 aliphatic carbocycles. The molecule has 4 rings (SSSR count). The molecule has 0 fully saturated rings. The summed E-state index contributed by atoms with van der Waals surface area (Å²) in [4.78, 5) is 4.85. The minimum atomic E-state index is 0.793. The van der Waals surface area contributed by atoms with E-state index in [0.29, 0.717) is 0 Å². The number of methoxy groups -OCH3 is 1. The molecule has 132 valence electrons. The maximum absolute atomic E-state index is 5.47. The van der Waals surface area contributed by atoms with Crippen LogP contribution in [0, 0.1) is 20.8 Å². The molecule has 4 aromatic rings. The zero-order chi connectivity index (χ0) is 18.3. The molecule has 3 heterocycles. The predicted octanol–water partition coefficient (Wildman–Crippen LogP) is 5.19. The van der Waals surface area contributed by atoms with Crippen molar-refractivity contribution in [2.24, 2.45) is 0 Å². The van der Waals surface area contributed by atoms with Crippen molar-refractivity contribution in [2.45, 2.75) is 20.8 Å². The Bertz CT molecular complexity index is 1070. The van der Waals surface area contributed by atoms with Crippen molar-refractivity contribution in [2.75, 3.05) is 7.11 Å². The fourth-order valence-corrected chi connectivity index (χ4v) is 4.03. The van der Waals surface area contributed by atoms with Crippen molar-refractivity contribution < 1.29 is 9.26 Å². The van der Waals surface area contributed by atoms with Crippen LogP contribution in [0.15, 0.2) is 46.3 Å². The Morgan fingerprint density at radius 2 is 1.88 bits per heavy atom. The van der Waals surface area contributed by atoms with Crippen LogP contribution in [0.1, 0.15) is 17.1 Å². The molecule has 0 aliphatic rings. The molecule has 0 bridgehead atoms. The average molecular weight is 365 g/mol. The van der Waals surface area contributed by atoms with Gasteiger partial charge in [0.15, 0.2) is 5.82 Å². The van der Waals surface area contributed by atoms with Crippen LogP contribution < -0.4 is 4.74 Å². The van der Waals surface area contributed by atoms with Gasteiger partial charge in [-0.15, -0.1) is 11.3 Å². The van der Waals surface area contributed by atoms with Gasteiger partial charge >= 0.3 is 0 Å². The topological polar surface area (TPSA) is 53.1 Å². The number of aryl methyl sites for hydroxylation is 2. The maximum atomic E-state index is 5.47. The minimum Gasteiger partial charge on any atom is -0.496 e. The van der Waals surface area contributed by atoms with E-state index in [1.165, 1.54) is 0 Å². The third-order valence-corrected chi connectivity index (χ3v) is 5.27. The fraction of sp³-hybridized carbons (Fsp3) is 0.200. The Hall–Kier alpha value is -2.86. The van der Waals surface area contributed by atoms with E-state index < -0.39 is 0 Å². The summed E-state index contributed by atoms with van der Waals surface area (Å²) in [5, 5.41) is 7.17. The molecule has 1 aromatic carbocycles. The number of thiazole rings is 1. The zero-order valence-electron chi connectivity index (χ0n) is 15.1. The molecule has 0 saturated heterocycles. The van der Waals surface area contributed by atoms with Crippen molar-refractivity contribution in [3.8, 4) is 33.4 Å². The Labute approximate surface area is 155 Å². The summed E-state index contributed by atoms with van der Waals surface area (Å²) in [6, 6.07) is 12.0. The first-order valence-corrected chi connectivity index (χ1v) is 9.18. The first-order chi connectivity index (χ1) is 12.6. The fourth-order valence-electron chi connectivity index (χ4n) is 3.18. The van der Waals surface area contributed by atoms with Crippen LogP contribution in [0.4, 0.5) is 0 Å². The van der Waals surface area contributed by atoms with Gasteiger partial charge in [0, 0.05) is 28.4 Å². The second-order valence-corrected chi connectivity index (χ2v) is 7.01. The van der Waals surface area contributed by atoms with Crippen LogP contribution in [0.2, 0.25) is 0 Å². The molecule has 0 unspecified atom stereocenters. The number of rotatable bonds is 4. The zero-order valence-corrected chi connectivity index (χ0v) is 15.9. The van der Waals surface area contributed by atoms with Gasteiger partial charge in [-0.1, -0.05) is 17.3 Å². The third kappa shape index (κ3) is 2.72. The minimum absolute atomic E-state index is 0.793. The number of para-hydroxylation sites is 1. The second kappa shape index (κ2) is 6.46. The highest BCUT2D eigenvalue weighted by Gasteiger charge is 2.18. The van der Waals surface area contributed by atoms with Crippen LogP contribution in [0.25, 0.3) is 27.6 Å². The number of benzene rings is 1. The quantitative estimate of drug-likeness (QED) is 0.499. The van der Waals surface area contributed by atoms with Crippen molar-refractivity contribution in [1.82, 2.24) is 14.7 Å². The molecule has 0 radical (unpaired) electrons. The largest absolute Gasteiger partial charge is 0.496 e. The van der Waals surface area contributed by atoms with E-state index in [4.69, 9.17) is 14.2 Å². The number of hydrogen-bond donors (Lipinski definition) is 0. The Balaban J connectivity index is 1.77. The normalized spacial score (nSPS) is 11.1. The van der Waals surface area contributed by atoms with E-state index in [1.54, 1.807) is 18.4 Å². The Morgan fingerprint density at radius 3 is 2.62 bits per heavy atom. The summed E-state index contributed by atoms with van der Waals surface area (Å²) in [6.45, 7) is 6.04. The SMILES string of the molecule is COc1ccccc1-c1nc(-c2cc(C)n(-c3cc(C)on3)c2C)cs1. The second-order valence-electron chi connectivity index (χ2n) is 6.15. The summed E-state index contributed by atoms with van der Waals surface area (Å²) in [7, 11) is 1.68. The molecule has 0 atom stereocenters. The van der Waals surface area contributed by atoms with Crippen molar-refractivity contribution >= 4 is 11.3 Å². The van der Waals surface area contributed by atoms with E-state index in [2.05, 4.69) is 35.0 Å². The van der Waals surface area contributed by atoms with Crippen LogP contribution in [-0.4, -0.2) is 21.8 Å². The van der Waals surface area contributed by atoms with Crippen molar-refractivity contribution in [3.63, 3.8) is 0 Å². The van der Waals surface area contributed by atoms with Crippen LogP contribution in [0.5, 0.6) is 5.75 Å². The smallest absolute Gasteiger partial charge is 0.180 e. The summed E-state index contributed by atoms with van der Waals surface area (Å²) in [5.74, 6) is 2.42. The van der Waals surface area contributed by atoms with E-state index in [0.717, 1.165) is 50.5 Å². The highest BCUT2D eigenvalue weighted by atomic mass is 32.1. The lowest BCUT2D eigenvalue weighted by molar-refractivity contribution is 0.394. The number of nitrogens with zero attached hydrogens (tertiary/aromatic N) is 3. The lowest BCUT2D eigenvalue weighted by Crippen LogP contribution is -1.99. The monoisotopic (exact) mass is 365 g/mol. The van der Waals surface area contributed by atoms with Crippen molar-refractivity contribution in [1.29, 1.82) is 0 Å². The lowest BCUT2D eigenvalue weighted by atomic mass is 10.2. The van der Waals surface area contributed by atoms with E-state index in [-0.39, 0.29) is 0 Å². The summed E-state index contributed by atoms with van der Waals surface area (Å²) in [6.07, 6.45) is 0. The predicted molar refractivity (Wildman–Crippen MR) is 103 cm³/mol. The molecular weight excluding hydrogens is 346 g/mol. The molecule has 0 spiro atoms. The standard InChI is InChI=1S/C20H19N3O2S/c1-12-9-16(14(3)23(12)19-10-13(2)25-22-19)17-11-26-20(21-17)15-7-5-6-8-18(15)24-4/h5-11H,1-4H3. The molecule has 3 aromatic heterocycles. The number of hydrogen-bond acceptors (Lipinski definition) is 5. The highest BCUT2D eigenvalue weighted by Crippen LogP contribution is 2.36. The van der Waals surface area contributed by atoms with Gasteiger partial charge in [0.25, 0.3) is 0 Å². The van der Waals surface area contributed by atoms with Gasteiger partial charge in [-0.2, -0.15) is 0 Å². The summed E-state index contributed by atoms with van der Waals surface area (Å²) >= 11 is 1.62. The molecule has 5 nitrogen and oxygen atoms in total. The first-order valence-electron chi connectivity index (χ1n) is 8.30. The van der Waals surface area contributed by atoms with Gasteiger partial charge in [0.05, 0.1) is 18.4 Å². The van der Waals surface area contributed by atoms with Crippen molar-refractivity contribution in [3.05, 3.63) is 58.9 Å². The van der Waals surface area contributed by atoms with Gasteiger partial charge in [-0.25, -0.2) is 4.98 Å². The van der Waals surface area contributed by atoms with Crippen LogP contribution in [0.3, 0.4) is 0 Å². The molecule has 0 aliphatic heterocycles. The third-order valence-electron chi connectivity index (χ3n) is 4.39. The van der Waals surface area contributed by atoms with E-state index >= 15 is 0 Å². The molecule has 0 N–H and O–H groups in total. The Morgan fingerprint density at radius 1 is 1.08 bits per heavy atom. The lowest BCUT2D eigenvalue weighted by Gasteiger charge is -2.05. The van der Waals surface area contributed by atoms with E-state index in [1.807, 2.05) is 37.3 Å². The Kier molecular flexibility index (Phi) is 4.12. The first kappa shape index (κ1) is 16.6. The number of aromatic nitrogens is 3. The van der Waals surface area contributed by atoms with Crippen LogP contribution in [-0.2, 0) is 0 Å². The molecule has 0 saturated carbocycles. The summed E-state index contributed by atoms with van der Waals surface area (Å²) in [5.41, 5.74) is 5.24. The molecule has 0 amide bonds. The van der Waals surface area contributed by atoms with Gasteiger partial charge in [0.2, 0.25) is 0 Å². The molecule has 26 heavy (non-hydrogen) atoms. The summed E-state index contributed by atoms with van der Waals surface area (Å²) < 4.78 is 12.8. The van der Waals surface area contributed by atoms with Gasteiger partial charge < -0.3 is 9.26 Å². The van der Waals surface area contributed by atoms with Gasteiger partial charge in [-0.3, -0.25) is 4.57 Å².